The Morgan fingerprint density at radius 1 is 0.455 bits per heavy atom. The standard InChI is InChI=1S/C41H26N2O/c1-2-10-33-28(8-1)9-7-12-34(33)29-18-16-27(17-19-29)31-22-25-39-36(26-31)35-11-3-5-14-38(35)43(39)32-23-20-30(21-24-32)41-42-37-13-4-6-15-40(37)44-41/h1-26H. The van der Waals surface area contributed by atoms with Gasteiger partial charge in [0.1, 0.15) is 5.52 Å². The van der Waals surface area contributed by atoms with Gasteiger partial charge in [-0.2, -0.15) is 0 Å². The highest BCUT2D eigenvalue weighted by atomic mass is 16.3. The molecule has 0 bridgehead atoms. The fourth-order valence-corrected chi connectivity index (χ4v) is 6.50. The molecular weight excluding hydrogens is 536 g/mol. The molecule has 0 N–H and O–H groups in total. The van der Waals surface area contributed by atoms with Crippen molar-refractivity contribution < 1.29 is 4.42 Å². The molecule has 9 aromatic rings. The van der Waals surface area contributed by atoms with E-state index in [0.29, 0.717) is 5.89 Å². The Morgan fingerprint density at radius 2 is 1.11 bits per heavy atom. The molecule has 0 unspecified atom stereocenters. The summed E-state index contributed by atoms with van der Waals surface area (Å²) in [4.78, 5) is 4.68. The first-order chi connectivity index (χ1) is 21.8. The van der Waals surface area contributed by atoms with E-state index in [1.807, 2.05) is 24.3 Å². The second-order valence-corrected chi connectivity index (χ2v) is 11.2. The Balaban J connectivity index is 1.11. The van der Waals surface area contributed by atoms with Gasteiger partial charge in [-0.25, -0.2) is 4.98 Å². The van der Waals surface area contributed by atoms with Crippen LogP contribution < -0.4 is 0 Å². The van der Waals surface area contributed by atoms with Gasteiger partial charge in [0.2, 0.25) is 5.89 Å². The number of fused-ring (bicyclic) bond motifs is 5. The van der Waals surface area contributed by atoms with Crippen molar-refractivity contribution in [2.75, 3.05) is 0 Å². The topological polar surface area (TPSA) is 31.0 Å². The first-order valence-corrected chi connectivity index (χ1v) is 14.9. The molecule has 9 rings (SSSR count). The number of para-hydroxylation sites is 3. The van der Waals surface area contributed by atoms with E-state index in [4.69, 9.17) is 4.42 Å². The summed E-state index contributed by atoms with van der Waals surface area (Å²) in [6, 6.07) is 55.8. The summed E-state index contributed by atoms with van der Waals surface area (Å²) in [7, 11) is 0. The van der Waals surface area contributed by atoms with E-state index in [2.05, 4.69) is 143 Å². The number of hydrogen-bond acceptors (Lipinski definition) is 2. The van der Waals surface area contributed by atoms with Crippen molar-refractivity contribution in [3.8, 4) is 39.4 Å². The second-order valence-electron chi connectivity index (χ2n) is 11.2. The normalized spacial score (nSPS) is 11.6. The summed E-state index contributed by atoms with van der Waals surface area (Å²) < 4.78 is 8.35. The molecule has 44 heavy (non-hydrogen) atoms. The average Bonchev–Trinajstić information content (AvgIpc) is 3.68. The second kappa shape index (κ2) is 9.82. The van der Waals surface area contributed by atoms with Gasteiger partial charge in [0.05, 0.1) is 11.0 Å². The smallest absolute Gasteiger partial charge is 0.227 e. The van der Waals surface area contributed by atoms with Gasteiger partial charge in [-0.05, 0) is 87.6 Å². The monoisotopic (exact) mass is 562 g/mol. The van der Waals surface area contributed by atoms with Crippen LogP contribution in [0.3, 0.4) is 0 Å². The number of rotatable bonds is 4. The van der Waals surface area contributed by atoms with E-state index in [9.17, 15) is 0 Å². The quantitative estimate of drug-likeness (QED) is 0.214. The van der Waals surface area contributed by atoms with Crippen LogP contribution in [0.15, 0.2) is 162 Å². The fourth-order valence-electron chi connectivity index (χ4n) is 6.50. The molecule has 0 saturated carbocycles. The van der Waals surface area contributed by atoms with E-state index in [0.717, 1.165) is 22.4 Å². The first kappa shape index (κ1) is 24.6. The molecule has 7 aromatic carbocycles. The van der Waals surface area contributed by atoms with Crippen molar-refractivity contribution in [3.63, 3.8) is 0 Å². The van der Waals surface area contributed by atoms with Crippen molar-refractivity contribution in [1.82, 2.24) is 9.55 Å². The molecule has 3 heteroatoms. The summed E-state index contributed by atoms with van der Waals surface area (Å²) in [6.45, 7) is 0. The summed E-state index contributed by atoms with van der Waals surface area (Å²) in [5.41, 5.74) is 11.0. The van der Waals surface area contributed by atoms with Crippen LogP contribution in [0.1, 0.15) is 0 Å². The predicted octanol–water partition coefficient (Wildman–Crippen LogP) is 11.1. The molecule has 0 amide bonds. The lowest BCUT2D eigenvalue weighted by atomic mass is 9.96. The van der Waals surface area contributed by atoms with Crippen LogP contribution in [0.4, 0.5) is 0 Å². The maximum Gasteiger partial charge on any atom is 0.227 e. The molecule has 0 spiro atoms. The molecule has 0 radical (unpaired) electrons. The Labute approximate surface area is 254 Å². The molecule has 0 aliphatic heterocycles. The molecule has 0 aliphatic carbocycles. The van der Waals surface area contributed by atoms with Crippen molar-refractivity contribution >= 4 is 43.7 Å². The third-order valence-corrected chi connectivity index (χ3v) is 8.66. The van der Waals surface area contributed by atoms with Crippen LogP contribution in [-0.4, -0.2) is 9.55 Å². The van der Waals surface area contributed by atoms with Gasteiger partial charge in [0.15, 0.2) is 5.58 Å². The molecule has 0 aliphatic rings. The minimum atomic E-state index is 0.635. The van der Waals surface area contributed by atoms with Crippen LogP contribution in [0, 0.1) is 0 Å². The van der Waals surface area contributed by atoms with Gasteiger partial charge in [0, 0.05) is 22.0 Å². The molecule has 3 nitrogen and oxygen atoms in total. The Bertz CT molecular complexity index is 2440. The number of oxazole rings is 1. The zero-order valence-corrected chi connectivity index (χ0v) is 23.8. The fraction of sp³-hybridized carbons (Fsp3) is 0. The van der Waals surface area contributed by atoms with Crippen LogP contribution >= 0.6 is 0 Å². The first-order valence-electron chi connectivity index (χ1n) is 14.9. The van der Waals surface area contributed by atoms with E-state index in [1.165, 1.54) is 54.8 Å². The minimum absolute atomic E-state index is 0.635. The number of hydrogen-bond donors (Lipinski definition) is 0. The third kappa shape index (κ3) is 3.94. The van der Waals surface area contributed by atoms with Gasteiger partial charge in [0.25, 0.3) is 0 Å². The molecule has 0 atom stereocenters. The SMILES string of the molecule is c1ccc2c(-c3ccc(-c4ccc5c(c4)c4ccccc4n5-c4ccc(-c5nc6ccccc6o5)cc4)cc3)cccc2c1. The van der Waals surface area contributed by atoms with Crippen molar-refractivity contribution in [2.24, 2.45) is 0 Å². The highest BCUT2D eigenvalue weighted by molar-refractivity contribution is 6.10. The lowest BCUT2D eigenvalue weighted by molar-refractivity contribution is 0.620. The maximum absolute atomic E-state index is 6.01. The molecule has 0 saturated heterocycles. The predicted molar refractivity (Wildman–Crippen MR) is 182 cm³/mol. The van der Waals surface area contributed by atoms with Crippen molar-refractivity contribution in [3.05, 3.63) is 158 Å². The maximum atomic E-state index is 6.01. The van der Waals surface area contributed by atoms with Crippen LogP contribution in [0.25, 0.3) is 83.1 Å². The van der Waals surface area contributed by atoms with Crippen LogP contribution in [0.5, 0.6) is 0 Å². The van der Waals surface area contributed by atoms with Gasteiger partial charge < -0.3 is 8.98 Å². The van der Waals surface area contributed by atoms with Gasteiger partial charge in [-0.3, -0.25) is 0 Å². The summed E-state index contributed by atoms with van der Waals surface area (Å²) >= 11 is 0. The average molecular weight is 563 g/mol. The summed E-state index contributed by atoms with van der Waals surface area (Å²) in [5.74, 6) is 0.635. The molecule has 2 heterocycles. The largest absolute Gasteiger partial charge is 0.436 e. The van der Waals surface area contributed by atoms with Crippen molar-refractivity contribution in [2.45, 2.75) is 0 Å². The van der Waals surface area contributed by atoms with Gasteiger partial charge in [-0.15, -0.1) is 0 Å². The van der Waals surface area contributed by atoms with Gasteiger partial charge in [-0.1, -0.05) is 103 Å². The van der Waals surface area contributed by atoms with Crippen molar-refractivity contribution in [1.29, 1.82) is 0 Å². The summed E-state index contributed by atoms with van der Waals surface area (Å²) in [6.07, 6.45) is 0. The Hall–Kier alpha value is -5.93. The number of aromatic nitrogens is 2. The van der Waals surface area contributed by atoms with E-state index < -0.39 is 0 Å². The Kier molecular flexibility index (Phi) is 5.50. The van der Waals surface area contributed by atoms with Crippen LogP contribution in [0.2, 0.25) is 0 Å². The highest BCUT2D eigenvalue weighted by Gasteiger charge is 2.14. The minimum Gasteiger partial charge on any atom is -0.436 e. The summed E-state index contributed by atoms with van der Waals surface area (Å²) in [5, 5.41) is 5.01. The molecular formula is C41H26N2O. The van der Waals surface area contributed by atoms with E-state index >= 15 is 0 Å². The number of nitrogens with zero attached hydrogens (tertiary/aromatic N) is 2. The van der Waals surface area contributed by atoms with E-state index in [-0.39, 0.29) is 0 Å². The van der Waals surface area contributed by atoms with E-state index in [1.54, 1.807) is 0 Å². The highest BCUT2D eigenvalue weighted by Crippen LogP contribution is 2.36. The zero-order valence-electron chi connectivity index (χ0n) is 23.8. The van der Waals surface area contributed by atoms with Crippen LogP contribution in [-0.2, 0) is 0 Å². The Morgan fingerprint density at radius 3 is 1.98 bits per heavy atom. The molecule has 2 aromatic heterocycles. The molecule has 0 fully saturated rings. The lowest BCUT2D eigenvalue weighted by Gasteiger charge is -2.10. The van der Waals surface area contributed by atoms with Gasteiger partial charge >= 0.3 is 0 Å². The third-order valence-electron chi connectivity index (χ3n) is 8.66. The lowest BCUT2D eigenvalue weighted by Crippen LogP contribution is -1.93. The number of benzene rings is 7. The zero-order chi connectivity index (χ0) is 29.0. The molecule has 206 valence electrons.